The molecule has 1 N–H and O–H groups in total. The van der Waals surface area contributed by atoms with Crippen LogP contribution in [0.1, 0.15) is 17.0 Å². The molecule has 3 rings (SSSR count). The summed E-state index contributed by atoms with van der Waals surface area (Å²) >= 11 is 0. The molecule has 0 saturated carbocycles. The summed E-state index contributed by atoms with van der Waals surface area (Å²) in [5, 5.41) is 9.83. The maximum absolute atomic E-state index is 13.3. The van der Waals surface area contributed by atoms with Crippen molar-refractivity contribution >= 4 is 5.69 Å². The molecule has 0 radical (unpaired) electrons. The fraction of sp³-hybridized carbons (Fsp3) is 0.267. The third-order valence-corrected chi connectivity index (χ3v) is 3.47. The third-order valence-electron chi connectivity index (χ3n) is 3.47. The molecule has 19 heavy (non-hydrogen) atoms. The van der Waals surface area contributed by atoms with Crippen molar-refractivity contribution in [3.05, 3.63) is 53.1 Å². The lowest BCUT2D eigenvalue weighted by Crippen LogP contribution is -2.20. The Bertz CT molecular complexity index is 628. The van der Waals surface area contributed by atoms with Crippen molar-refractivity contribution in [2.24, 2.45) is 0 Å². The summed E-state index contributed by atoms with van der Waals surface area (Å²) in [6, 6.07) is 8.30. The number of hydrogen-bond acceptors (Lipinski definition) is 3. The van der Waals surface area contributed by atoms with E-state index >= 15 is 0 Å². The van der Waals surface area contributed by atoms with Crippen LogP contribution in [-0.4, -0.2) is 16.6 Å². The first-order chi connectivity index (χ1) is 9.13. The maximum atomic E-state index is 13.3. The Morgan fingerprint density at radius 1 is 1.32 bits per heavy atom. The minimum atomic E-state index is -0.230. The number of aryl methyl sites for hydroxylation is 1. The van der Waals surface area contributed by atoms with Gasteiger partial charge in [0.1, 0.15) is 17.3 Å². The van der Waals surface area contributed by atoms with Gasteiger partial charge in [0.05, 0.1) is 6.54 Å². The predicted molar refractivity (Wildman–Crippen MR) is 71.8 cm³/mol. The van der Waals surface area contributed by atoms with Gasteiger partial charge >= 0.3 is 0 Å². The smallest absolute Gasteiger partial charge is 0.138 e. The molecule has 1 aromatic heterocycles. The fourth-order valence-electron chi connectivity index (χ4n) is 2.48. The van der Waals surface area contributed by atoms with Gasteiger partial charge in [0.15, 0.2) is 0 Å². The van der Waals surface area contributed by atoms with Gasteiger partial charge in [-0.05, 0) is 43.2 Å². The van der Waals surface area contributed by atoms with E-state index in [2.05, 4.69) is 9.88 Å². The molecule has 2 heterocycles. The summed E-state index contributed by atoms with van der Waals surface area (Å²) in [5.41, 5.74) is 3.56. The van der Waals surface area contributed by atoms with Crippen LogP contribution in [0.5, 0.6) is 5.75 Å². The van der Waals surface area contributed by atoms with Crippen LogP contribution in [0.2, 0.25) is 0 Å². The highest BCUT2D eigenvalue weighted by Gasteiger charge is 2.21. The zero-order valence-electron chi connectivity index (χ0n) is 10.7. The third kappa shape index (κ3) is 2.26. The van der Waals surface area contributed by atoms with Gasteiger partial charge in [-0.2, -0.15) is 0 Å². The number of halogens is 1. The van der Waals surface area contributed by atoms with Gasteiger partial charge in [-0.1, -0.05) is 6.07 Å². The van der Waals surface area contributed by atoms with Gasteiger partial charge in [0, 0.05) is 17.9 Å². The van der Waals surface area contributed by atoms with Gasteiger partial charge in [0.25, 0.3) is 0 Å². The summed E-state index contributed by atoms with van der Waals surface area (Å²) in [6.07, 6.45) is 0.905. The van der Waals surface area contributed by atoms with E-state index in [1.54, 1.807) is 18.2 Å². The van der Waals surface area contributed by atoms with Crippen molar-refractivity contribution in [1.82, 2.24) is 4.98 Å². The highest BCUT2D eigenvalue weighted by molar-refractivity contribution is 5.58. The molecule has 4 heteroatoms. The molecule has 0 unspecified atom stereocenters. The van der Waals surface area contributed by atoms with Gasteiger partial charge in [-0.3, -0.25) is 4.98 Å². The number of aromatic nitrogens is 1. The molecule has 2 aromatic rings. The van der Waals surface area contributed by atoms with Crippen molar-refractivity contribution in [3.8, 4) is 5.75 Å². The first-order valence-corrected chi connectivity index (χ1v) is 6.32. The van der Waals surface area contributed by atoms with Gasteiger partial charge in [0.2, 0.25) is 0 Å². The molecular weight excluding hydrogens is 243 g/mol. The Kier molecular flexibility index (Phi) is 2.85. The summed E-state index contributed by atoms with van der Waals surface area (Å²) in [4.78, 5) is 6.40. The summed E-state index contributed by atoms with van der Waals surface area (Å²) < 4.78 is 13.3. The second-order valence-electron chi connectivity index (χ2n) is 4.86. The minimum absolute atomic E-state index is 0.190. The van der Waals surface area contributed by atoms with Crippen molar-refractivity contribution in [2.45, 2.75) is 19.9 Å². The number of rotatable bonds is 2. The molecule has 98 valence electrons. The van der Waals surface area contributed by atoms with E-state index in [9.17, 15) is 9.50 Å². The molecule has 0 aliphatic carbocycles. The monoisotopic (exact) mass is 258 g/mol. The number of anilines is 1. The van der Waals surface area contributed by atoms with E-state index in [4.69, 9.17) is 0 Å². The highest BCUT2D eigenvalue weighted by Crippen LogP contribution is 2.31. The van der Waals surface area contributed by atoms with Crippen LogP contribution in [0.15, 0.2) is 30.3 Å². The number of pyridine rings is 1. The number of nitrogens with zero attached hydrogens (tertiary/aromatic N) is 2. The predicted octanol–water partition coefficient (Wildman–Crippen LogP) is 2.80. The standard InChI is InChI=1S/C15H15FN2O/c1-10-2-5-15(19)13(17-10)9-18-7-6-11-3-4-12(16)8-14(11)18/h2-5,8,19H,6-7,9H2,1H3. The Balaban J connectivity index is 1.90. The van der Waals surface area contributed by atoms with Gasteiger partial charge in [-0.25, -0.2) is 4.39 Å². The Morgan fingerprint density at radius 3 is 3.00 bits per heavy atom. The van der Waals surface area contributed by atoms with Crippen LogP contribution in [-0.2, 0) is 13.0 Å². The molecule has 3 nitrogen and oxygen atoms in total. The number of hydrogen-bond donors (Lipinski definition) is 1. The Morgan fingerprint density at radius 2 is 2.16 bits per heavy atom. The molecule has 0 saturated heterocycles. The van der Waals surface area contributed by atoms with Crippen molar-refractivity contribution in [1.29, 1.82) is 0 Å². The second-order valence-corrected chi connectivity index (χ2v) is 4.86. The molecule has 1 aliphatic heterocycles. The molecule has 1 aliphatic rings. The maximum Gasteiger partial charge on any atom is 0.138 e. The average molecular weight is 258 g/mol. The molecule has 1 aromatic carbocycles. The van der Waals surface area contributed by atoms with E-state index in [0.29, 0.717) is 12.2 Å². The van der Waals surface area contributed by atoms with Crippen LogP contribution in [0.25, 0.3) is 0 Å². The first kappa shape index (κ1) is 12.0. The second kappa shape index (κ2) is 4.53. The molecule has 0 bridgehead atoms. The average Bonchev–Trinajstić information content (AvgIpc) is 2.77. The summed E-state index contributed by atoms with van der Waals surface area (Å²) in [5.74, 6) is -0.0393. The van der Waals surface area contributed by atoms with E-state index in [1.807, 2.05) is 13.0 Å². The zero-order chi connectivity index (χ0) is 13.4. The van der Waals surface area contributed by atoms with Crippen LogP contribution < -0.4 is 4.90 Å². The summed E-state index contributed by atoms with van der Waals surface area (Å²) in [6.45, 7) is 3.22. The molecule has 0 amide bonds. The highest BCUT2D eigenvalue weighted by atomic mass is 19.1. The lowest BCUT2D eigenvalue weighted by Gasteiger charge is -2.19. The lowest BCUT2D eigenvalue weighted by atomic mass is 10.1. The lowest BCUT2D eigenvalue weighted by molar-refractivity contribution is 0.462. The number of benzene rings is 1. The van der Waals surface area contributed by atoms with Crippen LogP contribution in [0.3, 0.4) is 0 Å². The van der Waals surface area contributed by atoms with Crippen molar-refractivity contribution < 1.29 is 9.50 Å². The largest absolute Gasteiger partial charge is 0.506 e. The Labute approximate surface area is 111 Å². The first-order valence-electron chi connectivity index (χ1n) is 6.32. The minimum Gasteiger partial charge on any atom is -0.506 e. The van der Waals surface area contributed by atoms with Crippen LogP contribution in [0.4, 0.5) is 10.1 Å². The van der Waals surface area contributed by atoms with E-state index in [1.165, 1.54) is 6.07 Å². The van der Waals surface area contributed by atoms with Gasteiger partial charge in [-0.15, -0.1) is 0 Å². The van der Waals surface area contributed by atoms with Crippen LogP contribution >= 0.6 is 0 Å². The van der Waals surface area contributed by atoms with Crippen LogP contribution in [0, 0.1) is 12.7 Å². The van der Waals surface area contributed by atoms with Crippen molar-refractivity contribution in [3.63, 3.8) is 0 Å². The Hall–Kier alpha value is -2.10. The molecule has 0 spiro atoms. The summed E-state index contributed by atoms with van der Waals surface area (Å²) in [7, 11) is 0. The zero-order valence-corrected chi connectivity index (χ0v) is 10.7. The number of fused-ring (bicyclic) bond motifs is 1. The van der Waals surface area contributed by atoms with Crippen molar-refractivity contribution in [2.75, 3.05) is 11.4 Å². The van der Waals surface area contributed by atoms with E-state index < -0.39 is 0 Å². The normalized spacial score (nSPS) is 13.7. The number of aromatic hydroxyl groups is 1. The van der Waals surface area contributed by atoms with Gasteiger partial charge < -0.3 is 10.0 Å². The van der Waals surface area contributed by atoms with E-state index in [0.717, 1.165) is 29.9 Å². The fourth-order valence-corrected chi connectivity index (χ4v) is 2.48. The quantitative estimate of drug-likeness (QED) is 0.899. The molecule has 0 atom stereocenters. The van der Waals surface area contributed by atoms with E-state index in [-0.39, 0.29) is 11.6 Å². The molecular formula is C15H15FN2O. The SMILES string of the molecule is Cc1ccc(O)c(CN2CCc3ccc(F)cc32)n1. The topological polar surface area (TPSA) is 36.4 Å². The molecule has 0 fully saturated rings.